The first kappa shape index (κ1) is 11.3. The van der Waals surface area contributed by atoms with E-state index in [2.05, 4.69) is 13.0 Å². The van der Waals surface area contributed by atoms with Crippen molar-refractivity contribution in [2.75, 3.05) is 0 Å². The van der Waals surface area contributed by atoms with Crippen LogP contribution in [0.25, 0.3) is 0 Å². The molecule has 0 aromatic carbocycles. The van der Waals surface area contributed by atoms with Gasteiger partial charge in [0.15, 0.2) is 0 Å². The van der Waals surface area contributed by atoms with Crippen LogP contribution in [0.3, 0.4) is 0 Å². The number of carbonyl (C=O) groups is 1. The van der Waals surface area contributed by atoms with E-state index in [1.807, 2.05) is 6.08 Å². The van der Waals surface area contributed by atoms with Crippen LogP contribution < -0.4 is 0 Å². The highest BCUT2D eigenvalue weighted by molar-refractivity contribution is 5.71. The van der Waals surface area contributed by atoms with E-state index in [-0.39, 0.29) is 12.1 Å². The van der Waals surface area contributed by atoms with Crippen LogP contribution in [0.15, 0.2) is 12.2 Å². The molecule has 0 bridgehead atoms. The van der Waals surface area contributed by atoms with Gasteiger partial charge in [-0.1, -0.05) is 32.3 Å². The third kappa shape index (κ3) is 4.45. The van der Waals surface area contributed by atoms with Crippen molar-refractivity contribution in [3.05, 3.63) is 12.2 Å². The zero-order valence-corrected chi connectivity index (χ0v) is 9.00. The molecule has 0 radical (unpaired) electrons. The molecule has 0 N–H and O–H groups in total. The Balaban J connectivity index is 2.00. The lowest BCUT2D eigenvalue weighted by molar-refractivity contribution is -0.139. The molecule has 1 aliphatic rings. The Labute approximate surface area is 86.3 Å². The van der Waals surface area contributed by atoms with Crippen LogP contribution in [-0.2, 0) is 9.53 Å². The van der Waals surface area contributed by atoms with Gasteiger partial charge in [-0.15, -0.1) is 0 Å². The second-order valence-corrected chi connectivity index (χ2v) is 3.84. The molecule has 0 aromatic heterocycles. The zero-order valence-electron chi connectivity index (χ0n) is 9.00. The van der Waals surface area contributed by atoms with Crippen LogP contribution in [0.1, 0.15) is 51.9 Å². The Bertz CT molecular complexity index is 196. The third-order valence-corrected chi connectivity index (χ3v) is 2.49. The Hall–Kier alpha value is -0.790. The molecule has 1 fully saturated rings. The summed E-state index contributed by atoms with van der Waals surface area (Å²) in [6.07, 6.45) is 12.0. The van der Waals surface area contributed by atoms with Crippen molar-refractivity contribution >= 4 is 5.97 Å². The molecular formula is C12H20O2. The molecule has 0 spiro atoms. The molecule has 2 heteroatoms. The molecule has 0 aliphatic carbocycles. The molecule has 0 aromatic rings. The van der Waals surface area contributed by atoms with Gasteiger partial charge in [0.05, 0.1) is 0 Å². The maximum absolute atomic E-state index is 10.8. The van der Waals surface area contributed by atoms with Gasteiger partial charge in [0.2, 0.25) is 0 Å². The summed E-state index contributed by atoms with van der Waals surface area (Å²) in [4.78, 5) is 10.8. The van der Waals surface area contributed by atoms with Crippen LogP contribution in [0.2, 0.25) is 0 Å². The van der Waals surface area contributed by atoms with Crippen molar-refractivity contribution in [1.82, 2.24) is 0 Å². The molecule has 1 aliphatic heterocycles. The van der Waals surface area contributed by atoms with Gasteiger partial charge in [0.25, 0.3) is 0 Å². The highest BCUT2D eigenvalue weighted by Crippen LogP contribution is 2.15. The fourth-order valence-corrected chi connectivity index (χ4v) is 1.62. The van der Waals surface area contributed by atoms with Gasteiger partial charge in [0, 0.05) is 6.42 Å². The molecule has 14 heavy (non-hydrogen) atoms. The van der Waals surface area contributed by atoms with Crippen molar-refractivity contribution in [1.29, 1.82) is 0 Å². The van der Waals surface area contributed by atoms with Crippen LogP contribution in [-0.4, -0.2) is 12.1 Å². The molecule has 80 valence electrons. The Morgan fingerprint density at radius 3 is 2.93 bits per heavy atom. The number of allylic oxidation sites excluding steroid dienone is 1. The smallest absolute Gasteiger partial charge is 0.306 e. The highest BCUT2D eigenvalue weighted by atomic mass is 16.5. The summed E-state index contributed by atoms with van der Waals surface area (Å²) in [7, 11) is 0. The normalized spacial score (nSPS) is 21.8. The standard InChI is InChI=1S/C12H20O2/c1-2-3-4-5-6-7-8-11-9-10-12(13)14-11/h7-8,11H,2-6,9-10H2,1H3/b8-7+. The maximum Gasteiger partial charge on any atom is 0.306 e. The van der Waals surface area contributed by atoms with E-state index in [9.17, 15) is 4.79 Å². The van der Waals surface area contributed by atoms with Crippen molar-refractivity contribution in [3.63, 3.8) is 0 Å². The number of esters is 1. The highest BCUT2D eigenvalue weighted by Gasteiger charge is 2.19. The summed E-state index contributed by atoms with van der Waals surface area (Å²) in [5, 5.41) is 0. The molecule has 0 amide bonds. The van der Waals surface area contributed by atoms with Crippen molar-refractivity contribution < 1.29 is 9.53 Å². The van der Waals surface area contributed by atoms with Gasteiger partial charge in [0.1, 0.15) is 6.10 Å². The molecule has 0 saturated carbocycles. The second kappa shape index (κ2) is 6.63. The Morgan fingerprint density at radius 2 is 2.29 bits per heavy atom. The van der Waals surface area contributed by atoms with E-state index in [1.54, 1.807) is 0 Å². The van der Waals surface area contributed by atoms with Crippen LogP contribution in [0.5, 0.6) is 0 Å². The summed E-state index contributed by atoms with van der Waals surface area (Å²) in [6.45, 7) is 2.22. The lowest BCUT2D eigenvalue weighted by atomic mass is 10.1. The fourth-order valence-electron chi connectivity index (χ4n) is 1.62. The zero-order chi connectivity index (χ0) is 10.2. The number of unbranched alkanes of at least 4 members (excludes halogenated alkanes) is 4. The summed E-state index contributed by atoms with van der Waals surface area (Å²) in [6, 6.07) is 0. The Kier molecular flexibility index (Phi) is 5.35. The van der Waals surface area contributed by atoms with Crippen molar-refractivity contribution in [3.8, 4) is 0 Å². The lowest BCUT2D eigenvalue weighted by Crippen LogP contribution is -2.01. The number of carbonyl (C=O) groups excluding carboxylic acids is 1. The van der Waals surface area contributed by atoms with E-state index in [1.165, 1.54) is 25.7 Å². The minimum atomic E-state index is -0.0503. The first-order valence-electron chi connectivity index (χ1n) is 5.69. The minimum absolute atomic E-state index is 0.0503. The van der Waals surface area contributed by atoms with Gasteiger partial charge in [-0.25, -0.2) is 0 Å². The second-order valence-electron chi connectivity index (χ2n) is 3.84. The summed E-state index contributed by atoms with van der Waals surface area (Å²) in [5.74, 6) is -0.0503. The largest absolute Gasteiger partial charge is 0.458 e. The van der Waals surface area contributed by atoms with Crippen molar-refractivity contribution in [2.24, 2.45) is 0 Å². The number of cyclic esters (lactones) is 1. The quantitative estimate of drug-likeness (QED) is 0.370. The molecule has 1 atom stereocenters. The van der Waals surface area contributed by atoms with E-state index in [4.69, 9.17) is 4.74 Å². The monoisotopic (exact) mass is 196 g/mol. The average Bonchev–Trinajstić information content (AvgIpc) is 2.58. The van der Waals surface area contributed by atoms with E-state index < -0.39 is 0 Å². The first-order chi connectivity index (χ1) is 6.83. The van der Waals surface area contributed by atoms with Crippen molar-refractivity contribution in [2.45, 2.75) is 58.0 Å². The predicted octanol–water partition coefficient (Wildman–Crippen LogP) is 3.22. The molecule has 1 rings (SSSR count). The third-order valence-electron chi connectivity index (χ3n) is 2.49. The molecule has 2 nitrogen and oxygen atoms in total. The summed E-state index contributed by atoms with van der Waals surface area (Å²) in [5.41, 5.74) is 0. The number of hydrogen-bond donors (Lipinski definition) is 0. The van der Waals surface area contributed by atoms with Gasteiger partial charge in [-0.05, 0) is 25.3 Å². The van der Waals surface area contributed by atoms with E-state index in [0.717, 1.165) is 12.8 Å². The van der Waals surface area contributed by atoms with Crippen LogP contribution in [0.4, 0.5) is 0 Å². The number of hydrogen-bond acceptors (Lipinski definition) is 2. The summed E-state index contributed by atoms with van der Waals surface area (Å²) >= 11 is 0. The average molecular weight is 196 g/mol. The Morgan fingerprint density at radius 1 is 1.43 bits per heavy atom. The van der Waals surface area contributed by atoms with Crippen LogP contribution >= 0.6 is 0 Å². The number of rotatable bonds is 6. The SMILES string of the molecule is CCCCCC/C=C/C1CCC(=O)O1. The minimum Gasteiger partial charge on any atom is -0.458 e. The maximum atomic E-state index is 10.8. The van der Waals surface area contributed by atoms with Gasteiger partial charge in [-0.3, -0.25) is 4.79 Å². The van der Waals surface area contributed by atoms with Gasteiger partial charge in [-0.2, -0.15) is 0 Å². The predicted molar refractivity (Wildman–Crippen MR) is 57.0 cm³/mol. The van der Waals surface area contributed by atoms with Crippen LogP contribution in [0, 0.1) is 0 Å². The molecule has 1 heterocycles. The van der Waals surface area contributed by atoms with E-state index >= 15 is 0 Å². The fraction of sp³-hybridized carbons (Fsp3) is 0.750. The lowest BCUT2D eigenvalue weighted by Gasteiger charge is -2.01. The molecule has 1 unspecified atom stereocenters. The van der Waals surface area contributed by atoms with E-state index in [0.29, 0.717) is 6.42 Å². The summed E-state index contributed by atoms with van der Waals surface area (Å²) < 4.78 is 5.06. The first-order valence-corrected chi connectivity index (χ1v) is 5.69. The molecular weight excluding hydrogens is 176 g/mol. The van der Waals surface area contributed by atoms with Gasteiger partial charge >= 0.3 is 5.97 Å². The number of ether oxygens (including phenoxy) is 1. The topological polar surface area (TPSA) is 26.3 Å². The van der Waals surface area contributed by atoms with Gasteiger partial charge < -0.3 is 4.74 Å². The molecule has 1 saturated heterocycles.